The molecule has 3 N–H and O–H groups in total. The second kappa shape index (κ2) is 10.8. The average molecular weight is 469 g/mol. The highest BCUT2D eigenvalue weighted by molar-refractivity contribution is 7.09. The lowest BCUT2D eigenvalue weighted by molar-refractivity contribution is -0.384. The minimum Gasteiger partial charge on any atom is -0.464 e. The van der Waals surface area contributed by atoms with Crippen LogP contribution in [0.2, 0.25) is 0 Å². The van der Waals surface area contributed by atoms with E-state index in [4.69, 9.17) is 5.84 Å². The smallest absolute Gasteiger partial charge is 0.422 e. The quantitative estimate of drug-likeness (QED) is 0.198. The number of Topliss-reactive ketones (excluding diaryl/α,β-unsaturated/α-hetero) is 1. The molecule has 10 heteroatoms. The fourth-order valence-corrected chi connectivity index (χ4v) is 4.33. The number of benzene rings is 2. The molecule has 1 heterocycles. The summed E-state index contributed by atoms with van der Waals surface area (Å²) in [6.07, 6.45) is -0.382. The van der Waals surface area contributed by atoms with Gasteiger partial charge in [-0.2, -0.15) is 0 Å². The van der Waals surface area contributed by atoms with Crippen molar-refractivity contribution in [1.82, 2.24) is 9.99 Å². The third-order valence-corrected chi connectivity index (χ3v) is 6.33. The van der Waals surface area contributed by atoms with Crippen molar-refractivity contribution >= 4 is 28.9 Å². The maximum atomic E-state index is 13.7. The van der Waals surface area contributed by atoms with Gasteiger partial charge < -0.3 is 5.11 Å². The lowest BCUT2D eigenvalue weighted by Crippen LogP contribution is -2.51. The number of aromatic nitrogens is 1. The number of hydrogen-bond acceptors (Lipinski definition) is 7. The summed E-state index contributed by atoms with van der Waals surface area (Å²) in [7, 11) is 0. The van der Waals surface area contributed by atoms with Crippen molar-refractivity contribution in [1.29, 1.82) is 0 Å². The summed E-state index contributed by atoms with van der Waals surface area (Å²) in [4.78, 5) is 40.5. The van der Waals surface area contributed by atoms with Crippen LogP contribution in [0.1, 0.15) is 34.7 Å². The molecule has 3 aromatic rings. The van der Waals surface area contributed by atoms with Crippen molar-refractivity contribution in [2.75, 3.05) is 0 Å². The fourth-order valence-electron chi connectivity index (χ4n) is 3.53. The molecule has 3 rings (SSSR count). The van der Waals surface area contributed by atoms with Gasteiger partial charge in [-0.15, -0.1) is 11.3 Å². The summed E-state index contributed by atoms with van der Waals surface area (Å²) in [5, 5.41) is 23.7. The first-order valence-corrected chi connectivity index (χ1v) is 11.2. The van der Waals surface area contributed by atoms with Crippen molar-refractivity contribution in [2.45, 2.75) is 38.1 Å². The van der Waals surface area contributed by atoms with Crippen LogP contribution in [0.25, 0.3) is 0 Å². The molecule has 0 spiro atoms. The van der Waals surface area contributed by atoms with Crippen LogP contribution in [0.3, 0.4) is 0 Å². The van der Waals surface area contributed by atoms with Crippen LogP contribution >= 0.6 is 11.3 Å². The highest BCUT2D eigenvalue weighted by Gasteiger charge is 2.35. The van der Waals surface area contributed by atoms with Crippen molar-refractivity contribution in [3.05, 3.63) is 91.9 Å². The molecule has 172 valence electrons. The Morgan fingerprint density at radius 1 is 1.12 bits per heavy atom. The number of aryl methyl sites for hydroxylation is 1. The molecule has 0 saturated heterocycles. The van der Waals surface area contributed by atoms with Crippen LogP contribution in [0, 0.1) is 10.1 Å². The van der Waals surface area contributed by atoms with Crippen LogP contribution in [0.4, 0.5) is 10.5 Å². The number of carbonyl (C=O) groups excluding carboxylic acids is 1. The molecule has 1 aromatic heterocycles. The molecular formula is C23H24N4O5S. The summed E-state index contributed by atoms with van der Waals surface area (Å²) >= 11 is 1.43. The first kappa shape index (κ1) is 24.0. The third kappa shape index (κ3) is 5.99. The van der Waals surface area contributed by atoms with Crippen LogP contribution < -0.4 is 5.84 Å². The molecule has 0 aliphatic carbocycles. The van der Waals surface area contributed by atoms with E-state index < -0.39 is 23.0 Å². The zero-order chi connectivity index (χ0) is 24.0. The van der Waals surface area contributed by atoms with E-state index in [1.54, 1.807) is 41.8 Å². The number of amides is 1. The molecule has 33 heavy (non-hydrogen) atoms. The van der Waals surface area contributed by atoms with Crippen molar-refractivity contribution in [3.63, 3.8) is 0 Å². The van der Waals surface area contributed by atoms with Crippen molar-refractivity contribution in [3.8, 4) is 0 Å². The standard InChI is InChI=1S/C23H24N4O5S/c1-2-21-25-19(14-33-21)18(12-16-8-10-17(11-9-16)27(31)32)22(28)20(26(24)23(29)30)13-15-6-4-3-5-7-15/h3-11,14,18,20H,2,12-13,24H2,1H3,(H,29,30)/t18-,20-/m0/s1. The minimum absolute atomic E-state index is 0.0514. The van der Waals surface area contributed by atoms with Gasteiger partial charge in [-0.25, -0.2) is 20.6 Å². The number of nitro groups is 1. The molecule has 2 atom stereocenters. The van der Waals surface area contributed by atoms with E-state index in [2.05, 4.69) is 4.98 Å². The molecular weight excluding hydrogens is 444 g/mol. The van der Waals surface area contributed by atoms with Crippen molar-refractivity contribution < 1.29 is 19.6 Å². The number of nitro benzene ring substituents is 1. The summed E-state index contributed by atoms with van der Waals surface area (Å²) in [5.41, 5.74) is 1.96. The number of thiazole rings is 1. The first-order chi connectivity index (χ1) is 15.8. The number of rotatable bonds is 10. The second-order valence-corrected chi connectivity index (χ2v) is 8.44. The number of non-ortho nitro benzene ring substituents is 1. The maximum Gasteiger partial charge on any atom is 0.422 e. The Bertz CT molecular complexity index is 1120. The molecule has 0 fully saturated rings. The highest BCUT2D eigenvalue weighted by atomic mass is 32.1. The Balaban J connectivity index is 1.97. The largest absolute Gasteiger partial charge is 0.464 e. The number of hydrogen-bond donors (Lipinski definition) is 2. The van der Waals surface area contributed by atoms with Gasteiger partial charge in [-0.05, 0) is 24.0 Å². The summed E-state index contributed by atoms with van der Waals surface area (Å²) < 4.78 is 0. The topological polar surface area (TPSA) is 140 Å². The first-order valence-electron chi connectivity index (χ1n) is 10.3. The summed E-state index contributed by atoms with van der Waals surface area (Å²) in [6, 6.07) is 13.9. The number of carbonyl (C=O) groups is 2. The van der Waals surface area contributed by atoms with Gasteiger partial charge in [-0.1, -0.05) is 49.4 Å². The molecule has 0 aliphatic heterocycles. The Kier molecular flexibility index (Phi) is 7.86. The average Bonchev–Trinajstić information content (AvgIpc) is 3.30. The van der Waals surface area contributed by atoms with Gasteiger partial charge in [0.1, 0.15) is 6.04 Å². The Labute approximate surface area is 194 Å². The van der Waals surface area contributed by atoms with Crippen LogP contribution in [-0.4, -0.2) is 37.9 Å². The molecule has 2 aromatic carbocycles. The van der Waals surface area contributed by atoms with Crippen LogP contribution in [0.5, 0.6) is 0 Å². The van der Waals surface area contributed by atoms with Crippen LogP contribution in [-0.2, 0) is 24.1 Å². The predicted octanol–water partition coefficient (Wildman–Crippen LogP) is 3.97. The number of ketones is 1. The zero-order valence-corrected chi connectivity index (χ0v) is 18.8. The van der Waals surface area contributed by atoms with Gasteiger partial charge in [0.15, 0.2) is 5.78 Å². The minimum atomic E-state index is -1.41. The fraction of sp³-hybridized carbons (Fsp3) is 0.261. The van der Waals surface area contributed by atoms with Crippen molar-refractivity contribution in [2.24, 2.45) is 5.84 Å². The van der Waals surface area contributed by atoms with Gasteiger partial charge in [0.2, 0.25) is 0 Å². The number of nitrogens with zero attached hydrogens (tertiary/aromatic N) is 3. The van der Waals surface area contributed by atoms with Gasteiger partial charge >= 0.3 is 6.09 Å². The number of hydrazine groups is 1. The second-order valence-electron chi connectivity index (χ2n) is 7.50. The lowest BCUT2D eigenvalue weighted by atomic mass is 9.86. The lowest BCUT2D eigenvalue weighted by Gasteiger charge is -2.27. The van der Waals surface area contributed by atoms with Gasteiger partial charge in [0.25, 0.3) is 5.69 Å². The molecule has 0 aliphatic rings. The van der Waals surface area contributed by atoms with Gasteiger partial charge in [0.05, 0.1) is 21.5 Å². The van der Waals surface area contributed by atoms with E-state index in [9.17, 15) is 24.8 Å². The van der Waals surface area contributed by atoms with E-state index in [0.29, 0.717) is 22.7 Å². The molecule has 9 nitrogen and oxygen atoms in total. The highest BCUT2D eigenvalue weighted by Crippen LogP contribution is 2.28. The third-order valence-electron chi connectivity index (χ3n) is 5.32. The normalized spacial score (nSPS) is 12.7. The Morgan fingerprint density at radius 3 is 2.30 bits per heavy atom. The van der Waals surface area contributed by atoms with E-state index in [1.165, 1.54) is 23.5 Å². The molecule has 0 radical (unpaired) electrons. The summed E-state index contributed by atoms with van der Waals surface area (Å²) in [6.45, 7) is 1.96. The number of carboxylic acid groups (broad SMARTS) is 1. The predicted molar refractivity (Wildman–Crippen MR) is 124 cm³/mol. The van der Waals surface area contributed by atoms with E-state index in [0.717, 1.165) is 10.6 Å². The zero-order valence-electron chi connectivity index (χ0n) is 18.0. The molecule has 0 unspecified atom stereocenters. The van der Waals surface area contributed by atoms with E-state index in [1.807, 2.05) is 13.0 Å². The molecule has 1 amide bonds. The molecule has 0 saturated carbocycles. The van der Waals surface area contributed by atoms with E-state index >= 15 is 0 Å². The van der Waals surface area contributed by atoms with Gasteiger partial charge in [0, 0.05) is 23.9 Å². The van der Waals surface area contributed by atoms with Gasteiger partial charge in [-0.3, -0.25) is 14.9 Å². The van der Waals surface area contributed by atoms with E-state index in [-0.39, 0.29) is 24.3 Å². The SMILES string of the molecule is CCc1nc([C@H](Cc2ccc([N+](=O)[O-])cc2)C(=O)[C@H](Cc2ccccc2)N(N)C(=O)O)cs1. The van der Waals surface area contributed by atoms with Crippen LogP contribution in [0.15, 0.2) is 60.0 Å². The summed E-state index contributed by atoms with van der Waals surface area (Å²) in [5.74, 6) is 4.68. The Hall–Kier alpha value is -3.63. The monoisotopic (exact) mass is 468 g/mol. The molecule has 0 bridgehead atoms. The number of nitrogens with two attached hydrogens (primary N) is 1. The maximum absolute atomic E-state index is 13.7. The Morgan fingerprint density at radius 2 is 1.76 bits per heavy atom.